The number of benzene rings is 1. The van der Waals surface area contributed by atoms with Gasteiger partial charge in [0.05, 0.1) is 5.52 Å². The maximum atomic E-state index is 13.5. The Hall–Kier alpha value is -2.17. The van der Waals surface area contributed by atoms with E-state index in [-0.39, 0.29) is 16.9 Å². The summed E-state index contributed by atoms with van der Waals surface area (Å²) in [5, 5.41) is 0.232. The van der Waals surface area contributed by atoms with E-state index < -0.39 is 11.2 Å². The van der Waals surface area contributed by atoms with Gasteiger partial charge in [0.15, 0.2) is 0 Å². The van der Waals surface area contributed by atoms with E-state index in [9.17, 15) is 14.0 Å². The fourth-order valence-corrected chi connectivity index (χ4v) is 2.89. The first-order valence-corrected chi connectivity index (χ1v) is 7.19. The lowest BCUT2D eigenvalue weighted by molar-refractivity contribution is 0.0723. The lowest BCUT2D eigenvalue weighted by Crippen LogP contribution is -2.38. The molecule has 1 N–H and O–H groups in total. The van der Waals surface area contributed by atoms with Gasteiger partial charge in [0, 0.05) is 24.7 Å². The molecule has 0 saturated carbocycles. The van der Waals surface area contributed by atoms with Crippen molar-refractivity contribution >= 4 is 16.8 Å². The van der Waals surface area contributed by atoms with Crippen LogP contribution in [0.25, 0.3) is 10.9 Å². The minimum absolute atomic E-state index is 0.0920. The Labute approximate surface area is 121 Å². The average molecular weight is 288 g/mol. The highest BCUT2D eigenvalue weighted by atomic mass is 19.1. The van der Waals surface area contributed by atoms with Crippen molar-refractivity contribution in [2.75, 3.05) is 13.1 Å². The molecule has 1 aromatic carbocycles. The van der Waals surface area contributed by atoms with Gasteiger partial charge in [-0.25, -0.2) is 4.39 Å². The van der Waals surface area contributed by atoms with Crippen LogP contribution in [0.5, 0.6) is 0 Å². The van der Waals surface area contributed by atoms with Crippen molar-refractivity contribution < 1.29 is 9.18 Å². The van der Waals surface area contributed by atoms with Gasteiger partial charge in [0.2, 0.25) is 5.43 Å². The number of nitrogens with zero attached hydrogens (tertiary/aromatic N) is 1. The molecule has 0 unspecified atom stereocenters. The fraction of sp³-hybridized carbons (Fsp3) is 0.375. The Bertz CT molecular complexity index is 761. The third-order valence-electron chi connectivity index (χ3n) is 4.02. The van der Waals surface area contributed by atoms with E-state index in [1.54, 1.807) is 11.8 Å². The summed E-state index contributed by atoms with van der Waals surface area (Å²) in [6.07, 6.45) is 4.49. The van der Waals surface area contributed by atoms with Crippen molar-refractivity contribution in [2.24, 2.45) is 0 Å². The van der Waals surface area contributed by atoms with E-state index in [0.29, 0.717) is 24.2 Å². The number of halogens is 1. The lowest BCUT2D eigenvalue weighted by atomic mass is 10.1. The maximum absolute atomic E-state index is 13.5. The number of amides is 1. The third kappa shape index (κ3) is 2.44. The highest BCUT2D eigenvalue weighted by molar-refractivity contribution is 5.97. The van der Waals surface area contributed by atoms with Crippen LogP contribution in [0.4, 0.5) is 4.39 Å². The number of hydrogen-bond acceptors (Lipinski definition) is 2. The van der Waals surface area contributed by atoms with Gasteiger partial charge < -0.3 is 9.88 Å². The second-order valence-electron chi connectivity index (χ2n) is 5.53. The first kappa shape index (κ1) is 13.8. The molecular weight excluding hydrogens is 271 g/mol. The number of carbonyl (C=O) groups is 1. The zero-order chi connectivity index (χ0) is 15.0. The molecule has 1 fully saturated rings. The number of fused-ring (bicyclic) bond motifs is 1. The fourth-order valence-electron chi connectivity index (χ4n) is 2.89. The van der Waals surface area contributed by atoms with E-state index in [1.165, 1.54) is 18.3 Å². The first-order chi connectivity index (χ1) is 10.1. The summed E-state index contributed by atoms with van der Waals surface area (Å²) < 4.78 is 13.5. The molecule has 110 valence electrons. The van der Waals surface area contributed by atoms with Crippen LogP contribution in [-0.4, -0.2) is 28.9 Å². The van der Waals surface area contributed by atoms with Crippen LogP contribution in [0.3, 0.4) is 0 Å². The number of aromatic amines is 1. The van der Waals surface area contributed by atoms with Gasteiger partial charge in [0.25, 0.3) is 5.91 Å². The van der Waals surface area contributed by atoms with Gasteiger partial charge in [0.1, 0.15) is 11.4 Å². The van der Waals surface area contributed by atoms with Crippen molar-refractivity contribution in [3.63, 3.8) is 0 Å². The SMILES string of the molecule is Cc1cc(F)cc2c(=O)c(C(=O)N3CCCCC3)c[nH]c12. The first-order valence-electron chi connectivity index (χ1n) is 7.19. The Morgan fingerprint density at radius 1 is 1.24 bits per heavy atom. The van der Waals surface area contributed by atoms with Gasteiger partial charge in [-0.1, -0.05) is 0 Å². The van der Waals surface area contributed by atoms with Crippen molar-refractivity contribution in [2.45, 2.75) is 26.2 Å². The number of aryl methyl sites for hydroxylation is 1. The van der Waals surface area contributed by atoms with Crippen LogP contribution in [0.1, 0.15) is 35.2 Å². The van der Waals surface area contributed by atoms with Crippen LogP contribution < -0.4 is 5.43 Å². The normalized spacial score (nSPS) is 15.4. The molecule has 0 atom stereocenters. The topological polar surface area (TPSA) is 53.2 Å². The number of aromatic nitrogens is 1. The number of carbonyl (C=O) groups excluding carboxylic acids is 1. The zero-order valence-electron chi connectivity index (χ0n) is 11.9. The maximum Gasteiger partial charge on any atom is 0.259 e. The van der Waals surface area contributed by atoms with E-state index in [4.69, 9.17) is 0 Å². The van der Waals surface area contributed by atoms with E-state index in [1.807, 2.05) is 0 Å². The summed E-state index contributed by atoms with van der Waals surface area (Å²) in [6.45, 7) is 3.09. The number of nitrogens with one attached hydrogen (secondary N) is 1. The van der Waals surface area contributed by atoms with Gasteiger partial charge in [-0.05, 0) is 43.9 Å². The number of piperidine rings is 1. The van der Waals surface area contributed by atoms with Crippen molar-refractivity contribution in [1.29, 1.82) is 0 Å². The Kier molecular flexibility index (Phi) is 3.49. The standard InChI is InChI=1S/C16H17FN2O2/c1-10-7-11(17)8-12-14(10)18-9-13(15(12)20)16(21)19-5-3-2-4-6-19/h7-9H,2-6H2,1H3,(H,18,20). The minimum Gasteiger partial charge on any atom is -0.360 e. The third-order valence-corrected chi connectivity index (χ3v) is 4.02. The molecule has 1 aromatic heterocycles. The van der Waals surface area contributed by atoms with Crippen LogP contribution in [0.2, 0.25) is 0 Å². The van der Waals surface area contributed by atoms with Crippen LogP contribution in [-0.2, 0) is 0 Å². The highest BCUT2D eigenvalue weighted by Crippen LogP contribution is 2.17. The molecule has 0 radical (unpaired) electrons. The van der Waals surface area contributed by atoms with Gasteiger partial charge >= 0.3 is 0 Å². The molecule has 1 aliphatic heterocycles. The molecule has 1 saturated heterocycles. The van der Waals surface area contributed by atoms with Gasteiger partial charge in [-0.15, -0.1) is 0 Å². The summed E-state index contributed by atoms with van der Waals surface area (Å²) in [4.78, 5) is 29.6. The van der Waals surface area contributed by atoms with E-state index >= 15 is 0 Å². The molecule has 0 aliphatic carbocycles. The number of H-pyrrole nitrogens is 1. The molecule has 5 heteroatoms. The van der Waals surface area contributed by atoms with Crippen LogP contribution in [0.15, 0.2) is 23.1 Å². The number of hydrogen-bond donors (Lipinski definition) is 1. The number of pyridine rings is 1. The van der Waals surface area contributed by atoms with Crippen LogP contribution >= 0.6 is 0 Å². The predicted molar refractivity (Wildman–Crippen MR) is 79.0 cm³/mol. The molecular formula is C16H17FN2O2. The monoisotopic (exact) mass is 288 g/mol. The summed E-state index contributed by atoms with van der Waals surface area (Å²) >= 11 is 0. The smallest absolute Gasteiger partial charge is 0.259 e. The molecule has 1 aliphatic rings. The summed E-state index contributed by atoms with van der Waals surface area (Å²) in [7, 11) is 0. The highest BCUT2D eigenvalue weighted by Gasteiger charge is 2.21. The average Bonchev–Trinajstić information content (AvgIpc) is 2.48. The molecule has 2 aromatic rings. The molecule has 4 nitrogen and oxygen atoms in total. The minimum atomic E-state index is -0.465. The quantitative estimate of drug-likeness (QED) is 0.877. The molecule has 21 heavy (non-hydrogen) atoms. The summed E-state index contributed by atoms with van der Waals surface area (Å²) in [6, 6.07) is 2.55. The van der Waals surface area contributed by atoms with Gasteiger partial charge in [-0.2, -0.15) is 0 Å². The van der Waals surface area contributed by atoms with Crippen LogP contribution in [0, 0.1) is 12.7 Å². The van der Waals surface area contributed by atoms with Crippen molar-refractivity contribution in [3.05, 3.63) is 45.5 Å². The molecule has 0 bridgehead atoms. The molecule has 0 spiro atoms. The predicted octanol–water partition coefficient (Wildman–Crippen LogP) is 2.60. The Morgan fingerprint density at radius 2 is 1.95 bits per heavy atom. The largest absolute Gasteiger partial charge is 0.360 e. The number of rotatable bonds is 1. The zero-order valence-corrected chi connectivity index (χ0v) is 11.9. The summed E-state index contributed by atoms with van der Waals surface area (Å²) in [5.74, 6) is -0.729. The second-order valence-corrected chi connectivity index (χ2v) is 5.53. The second kappa shape index (κ2) is 5.31. The Morgan fingerprint density at radius 3 is 2.67 bits per heavy atom. The molecule has 2 heterocycles. The number of likely N-dealkylation sites (tertiary alicyclic amines) is 1. The molecule has 1 amide bonds. The van der Waals surface area contributed by atoms with Crippen molar-refractivity contribution in [1.82, 2.24) is 9.88 Å². The lowest BCUT2D eigenvalue weighted by Gasteiger charge is -2.26. The Balaban J connectivity index is 2.09. The molecule has 3 rings (SSSR count). The van der Waals surface area contributed by atoms with Gasteiger partial charge in [-0.3, -0.25) is 9.59 Å². The van der Waals surface area contributed by atoms with E-state index in [2.05, 4.69) is 4.98 Å². The summed E-state index contributed by atoms with van der Waals surface area (Å²) in [5.41, 5.74) is 0.923. The van der Waals surface area contributed by atoms with Crippen molar-refractivity contribution in [3.8, 4) is 0 Å². The van der Waals surface area contributed by atoms with E-state index in [0.717, 1.165) is 19.3 Å².